The van der Waals surface area contributed by atoms with E-state index in [9.17, 15) is 0 Å². The summed E-state index contributed by atoms with van der Waals surface area (Å²) in [5, 5.41) is 6.08. The van der Waals surface area contributed by atoms with Crippen LogP contribution in [0.5, 0.6) is 0 Å². The van der Waals surface area contributed by atoms with Gasteiger partial charge in [0.15, 0.2) is 8.07 Å². The zero-order valence-electron chi connectivity index (χ0n) is 26.0. The van der Waals surface area contributed by atoms with E-state index in [0.29, 0.717) is 0 Å². The van der Waals surface area contributed by atoms with Crippen molar-refractivity contribution in [2.45, 2.75) is 26.9 Å². The lowest BCUT2D eigenvalue weighted by atomic mass is 10.1. The van der Waals surface area contributed by atoms with E-state index in [-0.39, 0.29) is 5.25 Å². The molecule has 0 saturated heterocycles. The monoisotopic (exact) mass is 624 g/mol. The van der Waals surface area contributed by atoms with Crippen LogP contribution in [0, 0.1) is 0 Å². The minimum Gasteiger partial charge on any atom is -0.154 e. The predicted octanol–water partition coefficient (Wildman–Crippen LogP) is 9.09. The van der Waals surface area contributed by atoms with Crippen molar-refractivity contribution in [2.24, 2.45) is 0 Å². The van der Waals surface area contributed by atoms with Crippen molar-refractivity contribution < 1.29 is 0 Å². The van der Waals surface area contributed by atoms with Crippen LogP contribution in [0.4, 0.5) is 0 Å². The highest BCUT2D eigenvalue weighted by Crippen LogP contribution is 2.76. The van der Waals surface area contributed by atoms with E-state index >= 15 is 0 Å². The maximum atomic E-state index is 2.62. The fourth-order valence-corrected chi connectivity index (χ4v) is 17.6. The first kappa shape index (κ1) is 28.6. The Kier molecular flexibility index (Phi) is 7.33. The molecule has 7 aromatic rings. The minimum absolute atomic E-state index is 0.242. The highest BCUT2D eigenvalue weighted by atomic mass is 32.3. The third kappa shape index (κ3) is 4.29. The van der Waals surface area contributed by atoms with Gasteiger partial charge >= 0.3 is 0 Å². The molecule has 0 N–H and O–H groups in total. The van der Waals surface area contributed by atoms with Gasteiger partial charge in [0.05, 0.1) is 0 Å². The smallest absolute Gasteiger partial charge is 0.154 e. The van der Waals surface area contributed by atoms with Crippen LogP contribution in [0.2, 0.25) is 0 Å². The molecule has 46 heavy (non-hydrogen) atoms. The van der Waals surface area contributed by atoms with E-state index in [2.05, 4.69) is 201 Å². The first-order valence-electron chi connectivity index (χ1n) is 16.1. The predicted molar refractivity (Wildman–Crippen MR) is 199 cm³/mol. The average molecular weight is 625 g/mol. The average Bonchev–Trinajstić information content (AvgIpc) is 3.45. The highest BCUT2D eigenvalue weighted by Gasteiger charge is 2.49. The van der Waals surface area contributed by atoms with Gasteiger partial charge in [-0.15, -0.1) is 0 Å². The van der Waals surface area contributed by atoms with Crippen molar-refractivity contribution in [1.29, 1.82) is 0 Å². The molecule has 0 spiro atoms. The topological polar surface area (TPSA) is 0 Å². The van der Waals surface area contributed by atoms with E-state index in [1.54, 1.807) is 0 Å². The molecule has 0 amide bonds. The van der Waals surface area contributed by atoms with Gasteiger partial charge in [-0.2, -0.15) is 10.0 Å². The van der Waals surface area contributed by atoms with Crippen LogP contribution in [0.3, 0.4) is 0 Å². The van der Waals surface area contributed by atoms with Crippen LogP contribution in [0.25, 0.3) is 11.1 Å². The first-order chi connectivity index (χ1) is 22.8. The maximum Gasteiger partial charge on any atom is 0.180 e. The number of hydrogen-bond acceptors (Lipinski definition) is 0. The number of fused-ring (bicyclic) bond motifs is 3. The summed E-state index contributed by atoms with van der Waals surface area (Å²) in [6, 6.07) is 73.2. The van der Waals surface area contributed by atoms with Crippen molar-refractivity contribution in [3.63, 3.8) is 0 Å². The molecule has 1 aliphatic heterocycles. The lowest BCUT2D eigenvalue weighted by molar-refractivity contribution is 1.04. The molecule has 0 radical (unpaired) electrons. The van der Waals surface area contributed by atoms with E-state index in [0.717, 1.165) is 0 Å². The SMILES string of the molecule is CC(c1ccccc1)S(c1ccccc1)(c1ccccc1)c1cccc([Si]2(c3ccccc3)c3ccccc3-c3ccccc32)c1. The molecule has 2 heteroatoms. The van der Waals surface area contributed by atoms with Gasteiger partial charge in [-0.25, -0.2) is 0 Å². The zero-order valence-corrected chi connectivity index (χ0v) is 27.8. The molecule has 0 fully saturated rings. The minimum atomic E-state index is -2.64. The molecule has 222 valence electrons. The van der Waals surface area contributed by atoms with Gasteiger partial charge in [0.2, 0.25) is 0 Å². The first-order valence-corrected chi connectivity index (χ1v) is 19.8. The van der Waals surface area contributed by atoms with Gasteiger partial charge in [-0.05, 0) is 95.4 Å². The van der Waals surface area contributed by atoms with Crippen LogP contribution in [0.1, 0.15) is 17.7 Å². The molecule has 1 atom stereocenters. The Bertz CT molecular complexity index is 2020. The molecule has 7 aromatic carbocycles. The summed E-state index contributed by atoms with van der Waals surface area (Å²) in [6.07, 6.45) is 0. The molecule has 1 aliphatic rings. The maximum absolute atomic E-state index is 2.64. The zero-order chi connectivity index (χ0) is 31.0. The molecular formula is C44H36SSi. The summed E-state index contributed by atoms with van der Waals surface area (Å²) in [5.74, 6) is 0. The van der Waals surface area contributed by atoms with E-state index in [1.807, 2.05) is 0 Å². The third-order valence-electron chi connectivity index (χ3n) is 9.83. The molecule has 0 saturated carbocycles. The van der Waals surface area contributed by atoms with Gasteiger partial charge in [-0.3, -0.25) is 0 Å². The van der Waals surface area contributed by atoms with Gasteiger partial charge < -0.3 is 0 Å². The van der Waals surface area contributed by atoms with E-state index in [4.69, 9.17) is 0 Å². The Balaban J connectivity index is 1.48. The van der Waals surface area contributed by atoms with Gasteiger partial charge in [0, 0.05) is 5.25 Å². The normalized spacial score (nSPS) is 14.2. The number of rotatable bonds is 7. The third-order valence-corrected chi connectivity index (χ3v) is 19.1. The largest absolute Gasteiger partial charge is 0.180 e. The Morgan fingerprint density at radius 2 is 0.804 bits per heavy atom. The summed E-state index contributed by atoms with van der Waals surface area (Å²) < 4.78 is 0. The van der Waals surface area contributed by atoms with Crippen molar-refractivity contribution in [1.82, 2.24) is 0 Å². The van der Waals surface area contributed by atoms with Crippen LogP contribution in [-0.2, 0) is 0 Å². The van der Waals surface area contributed by atoms with E-state index in [1.165, 1.54) is 52.1 Å². The molecule has 1 heterocycles. The molecule has 0 aliphatic carbocycles. The fraction of sp³-hybridized carbons (Fsp3) is 0.0455. The summed E-state index contributed by atoms with van der Waals surface area (Å²) in [5.41, 5.74) is 4.12. The molecule has 0 bridgehead atoms. The summed E-state index contributed by atoms with van der Waals surface area (Å²) in [7, 11) is -4.40. The number of benzene rings is 7. The van der Waals surface area contributed by atoms with Gasteiger partial charge in [0.1, 0.15) is 0 Å². The molecule has 8 rings (SSSR count). The van der Waals surface area contributed by atoms with Gasteiger partial charge in [-0.1, -0.05) is 158 Å². The van der Waals surface area contributed by atoms with Crippen molar-refractivity contribution in [2.75, 3.05) is 0 Å². The Morgan fingerprint density at radius 3 is 1.35 bits per heavy atom. The lowest BCUT2D eigenvalue weighted by Gasteiger charge is -2.47. The van der Waals surface area contributed by atoms with Crippen molar-refractivity contribution in [3.8, 4) is 11.1 Å². The van der Waals surface area contributed by atoms with Crippen LogP contribution in [0.15, 0.2) is 209 Å². The fourth-order valence-electron chi connectivity index (χ4n) is 7.86. The Labute approximate surface area is 275 Å². The summed E-state index contributed by atoms with van der Waals surface area (Å²) in [4.78, 5) is 4.18. The Hall–Kier alpha value is -4.89. The number of hydrogen-bond donors (Lipinski definition) is 0. The summed E-state index contributed by atoms with van der Waals surface area (Å²) >= 11 is 0. The van der Waals surface area contributed by atoms with Crippen molar-refractivity contribution >= 4 is 38.8 Å². The summed E-state index contributed by atoms with van der Waals surface area (Å²) in [6.45, 7) is 2.45. The second kappa shape index (κ2) is 11.8. The quantitative estimate of drug-likeness (QED) is 0.155. The van der Waals surface area contributed by atoms with E-state index < -0.39 is 18.1 Å². The second-order valence-corrected chi connectivity index (χ2v) is 19.2. The Morgan fingerprint density at radius 1 is 0.391 bits per heavy atom. The van der Waals surface area contributed by atoms with Crippen LogP contribution < -0.4 is 20.7 Å². The van der Waals surface area contributed by atoms with Crippen LogP contribution >= 0.6 is 10.0 Å². The molecule has 1 unspecified atom stereocenters. The van der Waals surface area contributed by atoms with Crippen LogP contribution in [-0.4, -0.2) is 8.07 Å². The van der Waals surface area contributed by atoms with Crippen molar-refractivity contribution in [3.05, 3.63) is 200 Å². The van der Waals surface area contributed by atoms with Gasteiger partial charge in [0.25, 0.3) is 0 Å². The molecule has 0 aromatic heterocycles. The lowest BCUT2D eigenvalue weighted by Crippen LogP contribution is -2.72. The molecular weight excluding hydrogens is 589 g/mol. The molecule has 0 nitrogen and oxygen atoms in total. The standard InChI is InChI=1S/C44H36SSi/c1-34(35-19-6-2-7-20-35)45(36-21-8-3-9-22-36,37-23-10-4-11-24-37)38-25-18-28-40(33-38)46(39-26-12-5-13-27-39)43-31-16-14-29-41(43)42-30-15-17-32-44(42)46/h2-34H,1H3. The highest BCUT2D eigenvalue weighted by molar-refractivity contribution is 8.34. The second-order valence-electron chi connectivity index (χ2n) is 12.1.